The number of pyridine rings is 2. The number of hydrogen-bond acceptors (Lipinski definition) is 5. The summed E-state index contributed by atoms with van der Waals surface area (Å²) < 4.78 is 77.4. The predicted molar refractivity (Wildman–Crippen MR) is 126 cm³/mol. The first-order chi connectivity index (χ1) is 18.0. The molecule has 1 spiro atoms. The van der Waals surface area contributed by atoms with Crippen LogP contribution >= 0.6 is 0 Å². The molecule has 4 heterocycles. The summed E-state index contributed by atoms with van der Waals surface area (Å²) in [5.74, 6) is -3.78. The smallest absolute Gasteiger partial charge is 0.365 e. The van der Waals surface area contributed by atoms with E-state index in [4.69, 9.17) is 4.74 Å². The molecule has 2 aliphatic heterocycles. The number of nitrogens with one attached hydrogen (secondary N) is 1. The standard InChI is InChI=1S/C27H25F5N4O2/c1-17(37)35-26(27(30,31)32,20-3-4-22(28)23(29)12-20)24-5-2-18(13-34-24)15-36-10-7-25(8-11-36)21-14-33-9-6-19(21)16-38-25/h2-6,9,12-14H,7-8,10-11,15-16H2,1H3,(H,35,37). The molecule has 1 atom stereocenters. The van der Waals surface area contributed by atoms with Gasteiger partial charge in [0.1, 0.15) is 0 Å². The summed E-state index contributed by atoms with van der Waals surface area (Å²) in [6.07, 6.45) is 1.33. The van der Waals surface area contributed by atoms with Crippen LogP contribution in [0.1, 0.15) is 47.7 Å². The van der Waals surface area contributed by atoms with Crippen molar-refractivity contribution < 1.29 is 31.5 Å². The first-order valence-corrected chi connectivity index (χ1v) is 12.1. The van der Waals surface area contributed by atoms with Gasteiger partial charge in [0.25, 0.3) is 0 Å². The Kier molecular flexibility index (Phi) is 6.68. The highest BCUT2D eigenvalue weighted by Gasteiger charge is 2.59. The van der Waals surface area contributed by atoms with Crippen molar-refractivity contribution in [2.75, 3.05) is 13.1 Å². The molecule has 1 N–H and O–H groups in total. The molecule has 38 heavy (non-hydrogen) atoms. The van der Waals surface area contributed by atoms with Crippen molar-refractivity contribution in [3.63, 3.8) is 0 Å². The van der Waals surface area contributed by atoms with Gasteiger partial charge in [0.15, 0.2) is 11.6 Å². The number of carbonyl (C=O) groups is 1. The van der Waals surface area contributed by atoms with E-state index in [1.807, 2.05) is 17.6 Å². The van der Waals surface area contributed by atoms with E-state index in [9.17, 15) is 26.7 Å². The average Bonchev–Trinajstić information content (AvgIpc) is 3.23. The van der Waals surface area contributed by atoms with Crippen molar-refractivity contribution in [2.24, 2.45) is 0 Å². The van der Waals surface area contributed by atoms with Crippen molar-refractivity contribution >= 4 is 5.91 Å². The number of likely N-dealkylation sites (tertiary alicyclic amines) is 1. The molecule has 2 aliphatic rings. The third-order valence-electron chi connectivity index (χ3n) is 7.33. The van der Waals surface area contributed by atoms with Crippen molar-refractivity contribution in [2.45, 2.75) is 50.2 Å². The Morgan fingerprint density at radius 1 is 1.08 bits per heavy atom. The van der Waals surface area contributed by atoms with Crippen LogP contribution in [-0.2, 0) is 33.8 Å². The Labute approximate surface area is 215 Å². The third kappa shape index (κ3) is 4.54. The molecule has 1 amide bonds. The van der Waals surface area contributed by atoms with E-state index >= 15 is 0 Å². The van der Waals surface area contributed by atoms with Crippen molar-refractivity contribution in [1.29, 1.82) is 0 Å². The largest absolute Gasteiger partial charge is 0.421 e. The summed E-state index contributed by atoms with van der Waals surface area (Å²) in [4.78, 5) is 22.4. The highest BCUT2D eigenvalue weighted by atomic mass is 19.4. The summed E-state index contributed by atoms with van der Waals surface area (Å²) in [5, 5.41) is 1.90. The van der Waals surface area contributed by atoms with Gasteiger partial charge in [-0.1, -0.05) is 12.1 Å². The Balaban J connectivity index is 1.37. The van der Waals surface area contributed by atoms with E-state index in [2.05, 4.69) is 14.9 Å². The van der Waals surface area contributed by atoms with Crippen LogP contribution < -0.4 is 5.32 Å². The quantitative estimate of drug-likeness (QED) is 0.482. The summed E-state index contributed by atoms with van der Waals surface area (Å²) in [7, 11) is 0. The van der Waals surface area contributed by atoms with Gasteiger partial charge in [-0.25, -0.2) is 8.78 Å². The minimum absolute atomic E-state index is 0.364. The van der Waals surface area contributed by atoms with Crippen LogP contribution in [0, 0.1) is 11.6 Å². The SMILES string of the molecule is CC(=O)NC(c1ccc(F)c(F)c1)(c1ccc(CN2CCC3(CC2)OCc2ccncc23)cn1)C(F)(F)F. The second-order valence-electron chi connectivity index (χ2n) is 9.70. The predicted octanol–water partition coefficient (Wildman–Crippen LogP) is 4.72. The molecule has 1 unspecified atom stereocenters. The van der Waals surface area contributed by atoms with Gasteiger partial charge in [0.2, 0.25) is 11.4 Å². The zero-order valence-corrected chi connectivity index (χ0v) is 20.5. The number of alkyl halides is 3. The molecule has 0 radical (unpaired) electrons. The number of rotatable bonds is 5. The molecule has 0 aliphatic carbocycles. The fraction of sp³-hybridized carbons (Fsp3) is 0.370. The normalized spacial score (nSPS) is 18.7. The monoisotopic (exact) mass is 532 g/mol. The molecule has 5 rings (SSSR count). The maximum absolute atomic E-state index is 14.6. The van der Waals surface area contributed by atoms with Gasteiger partial charge >= 0.3 is 6.18 Å². The average molecular weight is 533 g/mol. The van der Waals surface area contributed by atoms with Gasteiger partial charge in [-0.2, -0.15) is 13.2 Å². The van der Waals surface area contributed by atoms with Gasteiger partial charge in [0, 0.05) is 50.7 Å². The number of carbonyl (C=O) groups excluding carboxylic acids is 1. The molecule has 0 bridgehead atoms. The summed E-state index contributed by atoms with van der Waals surface area (Å²) in [6, 6.07) is 6.43. The summed E-state index contributed by atoms with van der Waals surface area (Å²) >= 11 is 0. The van der Waals surface area contributed by atoms with Gasteiger partial charge in [-0.05, 0) is 53.8 Å². The fourth-order valence-corrected chi connectivity index (χ4v) is 5.39. The second kappa shape index (κ2) is 9.70. The number of nitrogens with zero attached hydrogens (tertiary/aromatic N) is 3. The topological polar surface area (TPSA) is 67.4 Å². The lowest BCUT2D eigenvalue weighted by atomic mass is 9.84. The van der Waals surface area contributed by atoms with E-state index in [1.54, 1.807) is 6.20 Å². The number of halogens is 5. The zero-order chi connectivity index (χ0) is 27.1. The van der Waals surface area contributed by atoms with Crippen molar-refractivity contribution in [3.05, 3.63) is 94.6 Å². The van der Waals surface area contributed by atoms with Crippen LogP contribution in [0.4, 0.5) is 22.0 Å². The fourth-order valence-electron chi connectivity index (χ4n) is 5.39. The Bertz CT molecular complexity index is 1340. The van der Waals surface area contributed by atoms with Crippen LogP contribution in [0.3, 0.4) is 0 Å². The Hall–Kier alpha value is -3.44. The summed E-state index contributed by atoms with van der Waals surface area (Å²) in [5.41, 5.74) is -1.85. The molecule has 6 nitrogen and oxygen atoms in total. The number of aromatic nitrogens is 2. The molecule has 1 saturated heterocycles. The maximum Gasteiger partial charge on any atom is 0.421 e. The minimum Gasteiger partial charge on any atom is -0.365 e. The van der Waals surface area contributed by atoms with Crippen molar-refractivity contribution in [1.82, 2.24) is 20.2 Å². The van der Waals surface area contributed by atoms with Gasteiger partial charge in [0.05, 0.1) is 17.9 Å². The van der Waals surface area contributed by atoms with Gasteiger partial charge < -0.3 is 10.1 Å². The van der Waals surface area contributed by atoms with E-state index < -0.39 is 40.5 Å². The maximum atomic E-state index is 14.6. The second-order valence-corrected chi connectivity index (χ2v) is 9.70. The molecule has 3 aromatic rings. The van der Waals surface area contributed by atoms with Crippen LogP contribution in [0.5, 0.6) is 0 Å². The van der Waals surface area contributed by atoms with E-state index in [0.29, 0.717) is 43.9 Å². The van der Waals surface area contributed by atoms with E-state index in [-0.39, 0.29) is 5.60 Å². The Morgan fingerprint density at radius 3 is 2.47 bits per heavy atom. The summed E-state index contributed by atoms with van der Waals surface area (Å²) in [6.45, 7) is 3.34. The number of piperidine rings is 1. The van der Waals surface area contributed by atoms with Gasteiger partial charge in [-0.3, -0.25) is 19.7 Å². The number of fused-ring (bicyclic) bond motifs is 2. The highest BCUT2D eigenvalue weighted by molar-refractivity contribution is 5.75. The molecule has 11 heteroatoms. The molecule has 1 fully saturated rings. The first-order valence-electron chi connectivity index (χ1n) is 12.1. The minimum atomic E-state index is -5.11. The highest BCUT2D eigenvalue weighted by Crippen LogP contribution is 2.45. The third-order valence-corrected chi connectivity index (χ3v) is 7.33. The van der Waals surface area contributed by atoms with E-state index in [1.165, 1.54) is 12.3 Å². The molecular formula is C27H25F5N4O2. The number of hydrogen-bond donors (Lipinski definition) is 1. The van der Waals surface area contributed by atoms with Crippen LogP contribution in [0.15, 0.2) is 55.0 Å². The molecule has 2 aromatic heterocycles. The van der Waals surface area contributed by atoms with Crippen LogP contribution in [0.25, 0.3) is 0 Å². The van der Waals surface area contributed by atoms with Gasteiger partial charge in [-0.15, -0.1) is 0 Å². The van der Waals surface area contributed by atoms with Crippen molar-refractivity contribution in [3.8, 4) is 0 Å². The Morgan fingerprint density at radius 2 is 1.84 bits per heavy atom. The number of ether oxygens (including phenoxy) is 1. The van der Waals surface area contributed by atoms with Crippen LogP contribution in [0.2, 0.25) is 0 Å². The lowest BCUT2D eigenvalue weighted by Gasteiger charge is -2.39. The number of amides is 1. The van der Waals surface area contributed by atoms with E-state index in [0.717, 1.165) is 43.0 Å². The lowest BCUT2D eigenvalue weighted by Crippen LogP contribution is -2.57. The zero-order valence-electron chi connectivity index (χ0n) is 20.5. The lowest BCUT2D eigenvalue weighted by molar-refractivity contribution is -0.190. The molecule has 0 saturated carbocycles. The van der Waals surface area contributed by atoms with Crippen LogP contribution in [-0.4, -0.2) is 40.0 Å². The first kappa shape index (κ1) is 26.2. The number of benzene rings is 1. The molecule has 1 aromatic carbocycles. The molecule has 200 valence electrons. The molecular weight excluding hydrogens is 507 g/mol.